The molecule has 1 saturated heterocycles. The molecule has 3 nitrogen and oxygen atoms in total. The summed E-state index contributed by atoms with van der Waals surface area (Å²) in [6, 6.07) is 17.1. The van der Waals surface area contributed by atoms with Gasteiger partial charge in [-0.3, -0.25) is 4.79 Å². The monoisotopic (exact) mass is 417 g/mol. The maximum Gasteiger partial charge on any atom is 0.314 e. The van der Waals surface area contributed by atoms with E-state index < -0.39 is 11.4 Å². The normalized spacial score (nSPS) is 25.9. The fourth-order valence-electron chi connectivity index (χ4n) is 5.18. The highest BCUT2D eigenvalue weighted by Crippen LogP contribution is 2.42. The largest absolute Gasteiger partial charge is 0.481 e. The van der Waals surface area contributed by atoms with Gasteiger partial charge in [0.15, 0.2) is 0 Å². The summed E-state index contributed by atoms with van der Waals surface area (Å²) in [4.78, 5) is 14.7. The van der Waals surface area contributed by atoms with Crippen LogP contribution in [0.3, 0.4) is 0 Å². The lowest BCUT2D eigenvalue weighted by atomic mass is 9.68. The van der Waals surface area contributed by atoms with Gasteiger partial charge in [-0.1, -0.05) is 42.5 Å². The SMILES string of the molecule is Cl.O=C(O)[C@]1(c2ccccc2)CC[C@@H](N2CCC(c3ccc(F)cc3)CC2)CC1. The van der Waals surface area contributed by atoms with Crippen LogP contribution in [0, 0.1) is 5.82 Å². The molecule has 156 valence electrons. The average Bonchev–Trinajstić information content (AvgIpc) is 2.75. The third-order valence-electron chi connectivity index (χ3n) is 6.93. The number of piperidine rings is 1. The zero-order valence-electron chi connectivity index (χ0n) is 16.6. The van der Waals surface area contributed by atoms with Gasteiger partial charge in [-0.2, -0.15) is 0 Å². The maximum atomic E-state index is 13.2. The van der Waals surface area contributed by atoms with Crippen LogP contribution in [0.4, 0.5) is 4.39 Å². The molecule has 1 N–H and O–H groups in total. The second-order valence-corrected chi connectivity index (χ2v) is 8.35. The molecule has 29 heavy (non-hydrogen) atoms. The van der Waals surface area contributed by atoms with E-state index in [9.17, 15) is 14.3 Å². The Morgan fingerprint density at radius 3 is 2.07 bits per heavy atom. The quantitative estimate of drug-likeness (QED) is 0.724. The molecule has 0 atom stereocenters. The first-order valence-electron chi connectivity index (χ1n) is 10.4. The summed E-state index contributed by atoms with van der Waals surface area (Å²) in [5, 5.41) is 9.98. The third-order valence-corrected chi connectivity index (χ3v) is 6.93. The second kappa shape index (κ2) is 9.27. The molecular weight excluding hydrogens is 389 g/mol. The van der Waals surface area contributed by atoms with Crippen molar-refractivity contribution < 1.29 is 14.3 Å². The Labute approximate surface area is 178 Å². The molecule has 0 spiro atoms. The Morgan fingerprint density at radius 1 is 0.931 bits per heavy atom. The summed E-state index contributed by atoms with van der Waals surface area (Å²) in [5.41, 5.74) is 1.44. The van der Waals surface area contributed by atoms with Gasteiger partial charge in [-0.25, -0.2) is 4.39 Å². The van der Waals surface area contributed by atoms with Crippen LogP contribution in [0.5, 0.6) is 0 Å². The van der Waals surface area contributed by atoms with Crippen molar-refractivity contribution in [1.82, 2.24) is 4.90 Å². The van der Waals surface area contributed by atoms with Crippen LogP contribution >= 0.6 is 12.4 Å². The number of rotatable bonds is 4. The van der Waals surface area contributed by atoms with E-state index >= 15 is 0 Å². The fraction of sp³-hybridized carbons (Fsp3) is 0.458. The fourth-order valence-corrected chi connectivity index (χ4v) is 5.18. The molecule has 2 aromatic carbocycles. The predicted octanol–water partition coefficient (Wildman–Crippen LogP) is 5.39. The van der Waals surface area contributed by atoms with Crippen molar-refractivity contribution >= 4 is 18.4 Å². The molecule has 2 fully saturated rings. The zero-order valence-corrected chi connectivity index (χ0v) is 17.4. The van der Waals surface area contributed by atoms with E-state index in [1.54, 1.807) is 12.1 Å². The highest BCUT2D eigenvalue weighted by Gasteiger charge is 2.44. The molecular formula is C24H29ClFNO2. The van der Waals surface area contributed by atoms with E-state index in [4.69, 9.17) is 0 Å². The molecule has 0 unspecified atom stereocenters. The number of carboxylic acids is 1. The number of likely N-dealkylation sites (tertiary alicyclic amines) is 1. The van der Waals surface area contributed by atoms with Crippen LogP contribution in [0.1, 0.15) is 55.6 Å². The van der Waals surface area contributed by atoms with Gasteiger partial charge >= 0.3 is 5.97 Å². The molecule has 0 radical (unpaired) electrons. The maximum absolute atomic E-state index is 13.2. The van der Waals surface area contributed by atoms with Crippen molar-refractivity contribution in [2.75, 3.05) is 13.1 Å². The average molecular weight is 418 g/mol. The predicted molar refractivity (Wildman–Crippen MR) is 115 cm³/mol. The minimum absolute atomic E-state index is 0. The minimum Gasteiger partial charge on any atom is -0.481 e. The molecule has 1 saturated carbocycles. The molecule has 0 bridgehead atoms. The molecule has 2 aliphatic rings. The standard InChI is InChI=1S/C24H28FNO2.ClH/c25-21-8-6-18(7-9-21)19-12-16-26(17-13-19)22-10-14-24(15-11-22,23(27)28)20-4-2-1-3-5-20;/h1-9,19,22H,10-17H2,(H,27,28);1H/t22-,24-;. The lowest BCUT2D eigenvalue weighted by Gasteiger charge is -2.44. The Bertz CT molecular complexity index is 795. The minimum atomic E-state index is -0.732. The number of aliphatic carboxylic acids is 1. The van der Waals surface area contributed by atoms with E-state index in [-0.39, 0.29) is 18.2 Å². The number of hydrogen-bond donors (Lipinski definition) is 1. The second-order valence-electron chi connectivity index (χ2n) is 8.35. The first-order valence-corrected chi connectivity index (χ1v) is 10.4. The van der Waals surface area contributed by atoms with E-state index in [0.29, 0.717) is 24.8 Å². The molecule has 5 heteroatoms. The van der Waals surface area contributed by atoms with Crippen LogP contribution < -0.4 is 0 Å². The Balaban J connectivity index is 0.00000240. The van der Waals surface area contributed by atoms with Crippen molar-refractivity contribution in [1.29, 1.82) is 0 Å². The van der Waals surface area contributed by atoms with Gasteiger partial charge < -0.3 is 10.0 Å². The van der Waals surface area contributed by atoms with Gasteiger partial charge in [-0.05, 0) is 80.8 Å². The lowest BCUT2D eigenvalue weighted by molar-refractivity contribution is -0.145. The van der Waals surface area contributed by atoms with E-state index in [1.807, 2.05) is 42.5 Å². The van der Waals surface area contributed by atoms with E-state index in [0.717, 1.165) is 44.3 Å². The summed E-state index contributed by atoms with van der Waals surface area (Å²) in [6.45, 7) is 2.08. The smallest absolute Gasteiger partial charge is 0.314 e. The summed E-state index contributed by atoms with van der Waals surface area (Å²) < 4.78 is 13.2. The number of nitrogens with zero attached hydrogens (tertiary/aromatic N) is 1. The van der Waals surface area contributed by atoms with Crippen molar-refractivity contribution in [3.63, 3.8) is 0 Å². The molecule has 1 aliphatic heterocycles. The molecule has 2 aromatic rings. The van der Waals surface area contributed by atoms with Crippen molar-refractivity contribution in [2.45, 2.75) is 55.9 Å². The number of carboxylic acid groups (broad SMARTS) is 1. The molecule has 1 aliphatic carbocycles. The topological polar surface area (TPSA) is 40.5 Å². The van der Waals surface area contributed by atoms with Crippen LogP contribution in [-0.4, -0.2) is 35.1 Å². The highest BCUT2D eigenvalue weighted by molar-refractivity contribution is 5.85. The van der Waals surface area contributed by atoms with E-state index in [1.165, 1.54) is 5.56 Å². The van der Waals surface area contributed by atoms with Crippen molar-refractivity contribution in [2.24, 2.45) is 0 Å². The van der Waals surface area contributed by atoms with Gasteiger partial charge in [0.2, 0.25) is 0 Å². The van der Waals surface area contributed by atoms with Crippen molar-refractivity contribution in [3.05, 3.63) is 71.5 Å². The third kappa shape index (κ3) is 4.49. The van der Waals surface area contributed by atoms with Crippen LogP contribution in [0.2, 0.25) is 0 Å². The molecule has 0 aromatic heterocycles. The van der Waals surface area contributed by atoms with Crippen LogP contribution in [0.25, 0.3) is 0 Å². The Kier molecular flexibility index (Phi) is 6.97. The summed E-state index contributed by atoms with van der Waals surface area (Å²) in [5.74, 6) is -0.362. The summed E-state index contributed by atoms with van der Waals surface area (Å²) in [7, 11) is 0. The number of hydrogen-bond acceptors (Lipinski definition) is 2. The Hall–Kier alpha value is -1.91. The van der Waals surface area contributed by atoms with Crippen molar-refractivity contribution in [3.8, 4) is 0 Å². The lowest BCUT2D eigenvalue weighted by Crippen LogP contribution is -2.48. The molecule has 0 amide bonds. The van der Waals surface area contributed by atoms with Gasteiger partial charge in [0.25, 0.3) is 0 Å². The summed E-state index contributed by atoms with van der Waals surface area (Å²) in [6.07, 6.45) is 5.45. The van der Waals surface area contributed by atoms with Gasteiger partial charge in [0.1, 0.15) is 5.82 Å². The van der Waals surface area contributed by atoms with Crippen LogP contribution in [-0.2, 0) is 10.2 Å². The van der Waals surface area contributed by atoms with Gasteiger partial charge in [0.05, 0.1) is 5.41 Å². The number of benzene rings is 2. The first kappa shape index (κ1) is 21.8. The highest BCUT2D eigenvalue weighted by atomic mass is 35.5. The first-order chi connectivity index (χ1) is 13.6. The zero-order chi connectivity index (χ0) is 19.6. The molecule has 1 heterocycles. The Morgan fingerprint density at radius 2 is 1.52 bits per heavy atom. The summed E-state index contributed by atoms with van der Waals surface area (Å²) >= 11 is 0. The number of carbonyl (C=O) groups is 1. The van der Waals surface area contributed by atoms with Gasteiger partial charge in [0, 0.05) is 6.04 Å². The van der Waals surface area contributed by atoms with E-state index in [2.05, 4.69) is 4.90 Å². The van der Waals surface area contributed by atoms with Gasteiger partial charge in [-0.15, -0.1) is 12.4 Å². The number of halogens is 2. The molecule has 4 rings (SSSR count). The van der Waals surface area contributed by atoms with Crippen LogP contribution in [0.15, 0.2) is 54.6 Å².